The first-order valence-electron chi connectivity index (χ1n) is 6.00. The van der Waals surface area contributed by atoms with E-state index in [1.165, 1.54) is 17.2 Å². The van der Waals surface area contributed by atoms with Crippen LogP contribution in [0.25, 0.3) is 22.2 Å². The quantitative estimate of drug-likeness (QED) is 0.639. The summed E-state index contributed by atoms with van der Waals surface area (Å²) in [6, 6.07) is 13.4. The Bertz CT molecular complexity index is 725. The molecule has 0 radical (unpaired) electrons. The first-order valence-corrected chi connectivity index (χ1v) is 6.00. The SMILES string of the molecule is Cc1ccc(-c2cc3cccc(F)c3[nH]2)cc1C. The molecule has 1 N–H and O–H groups in total. The van der Waals surface area contributed by atoms with Gasteiger partial charge in [0.25, 0.3) is 0 Å². The van der Waals surface area contributed by atoms with Crippen molar-refractivity contribution in [2.75, 3.05) is 0 Å². The lowest BCUT2D eigenvalue weighted by Gasteiger charge is -2.03. The van der Waals surface area contributed by atoms with Crippen molar-refractivity contribution in [2.24, 2.45) is 0 Å². The van der Waals surface area contributed by atoms with Crippen molar-refractivity contribution in [1.82, 2.24) is 4.98 Å². The van der Waals surface area contributed by atoms with E-state index in [-0.39, 0.29) is 5.82 Å². The maximum absolute atomic E-state index is 13.6. The summed E-state index contributed by atoms with van der Waals surface area (Å²) in [7, 11) is 0. The zero-order valence-corrected chi connectivity index (χ0v) is 10.4. The predicted octanol–water partition coefficient (Wildman–Crippen LogP) is 4.59. The lowest BCUT2D eigenvalue weighted by molar-refractivity contribution is 0.637. The zero-order valence-electron chi connectivity index (χ0n) is 10.4. The van der Waals surface area contributed by atoms with Crippen molar-refractivity contribution in [3.8, 4) is 11.3 Å². The molecule has 0 spiro atoms. The molecule has 0 saturated heterocycles. The van der Waals surface area contributed by atoms with Gasteiger partial charge < -0.3 is 4.98 Å². The van der Waals surface area contributed by atoms with Crippen LogP contribution in [0, 0.1) is 19.7 Å². The molecule has 1 nitrogen and oxygen atoms in total. The number of para-hydroxylation sites is 1. The van der Waals surface area contributed by atoms with E-state index in [0.717, 1.165) is 16.6 Å². The number of aryl methyl sites for hydroxylation is 2. The highest BCUT2D eigenvalue weighted by Crippen LogP contribution is 2.26. The maximum Gasteiger partial charge on any atom is 0.147 e. The van der Waals surface area contributed by atoms with Crippen LogP contribution in [0.4, 0.5) is 4.39 Å². The number of H-pyrrole nitrogens is 1. The summed E-state index contributed by atoms with van der Waals surface area (Å²) >= 11 is 0. The summed E-state index contributed by atoms with van der Waals surface area (Å²) in [5.41, 5.74) is 5.13. The van der Waals surface area contributed by atoms with Gasteiger partial charge in [-0.3, -0.25) is 0 Å². The van der Waals surface area contributed by atoms with Crippen LogP contribution in [0.3, 0.4) is 0 Å². The minimum atomic E-state index is -0.206. The van der Waals surface area contributed by atoms with Crippen molar-refractivity contribution < 1.29 is 4.39 Å². The van der Waals surface area contributed by atoms with E-state index in [2.05, 4.69) is 37.0 Å². The van der Waals surface area contributed by atoms with E-state index in [9.17, 15) is 4.39 Å². The molecule has 0 atom stereocenters. The van der Waals surface area contributed by atoms with E-state index in [4.69, 9.17) is 0 Å². The van der Waals surface area contributed by atoms with Gasteiger partial charge in [0, 0.05) is 11.1 Å². The molecule has 0 saturated carbocycles. The summed E-state index contributed by atoms with van der Waals surface area (Å²) < 4.78 is 13.6. The molecule has 90 valence electrons. The molecule has 2 heteroatoms. The first-order chi connectivity index (χ1) is 8.65. The summed E-state index contributed by atoms with van der Waals surface area (Å²) in [4.78, 5) is 3.15. The molecule has 0 unspecified atom stereocenters. The van der Waals surface area contributed by atoms with E-state index >= 15 is 0 Å². The molecule has 0 amide bonds. The number of hydrogen-bond donors (Lipinski definition) is 1. The Hall–Kier alpha value is -2.09. The number of aromatic nitrogens is 1. The van der Waals surface area contributed by atoms with E-state index in [0.29, 0.717) is 5.52 Å². The van der Waals surface area contributed by atoms with Gasteiger partial charge in [-0.05, 0) is 48.7 Å². The van der Waals surface area contributed by atoms with Gasteiger partial charge in [0.1, 0.15) is 5.82 Å². The number of aromatic amines is 1. The smallest absolute Gasteiger partial charge is 0.147 e. The van der Waals surface area contributed by atoms with Crippen molar-refractivity contribution in [3.05, 3.63) is 59.4 Å². The Balaban J connectivity index is 2.19. The van der Waals surface area contributed by atoms with Gasteiger partial charge in [0.2, 0.25) is 0 Å². The Morgan fingerprint density at radius 1 is 0.944 bits per heavy atom. The third-order valence-electron chi connectivity index (χ3n) is 3.42. The molecular weight excluding hydrogens is 225 g/mol. The van der Waals surface area contributed by atoms with E-state index in [1.807, 2.05) is 12.1 Å². The normalized spacial score (nSPS) is 11.1. The summed E-state index contributed by atoms with van der Waals surface area (Å²) in [6.07, 6.45) is 0. The highest BCUT2D eigenvalue weighted by molar-refractivity contribution is 5.86. The number of halogens is 1. The van der Waals surface area contributed by atoms with Crippen LogP contribution in [0.5, 0.6) is 0 Å². The average Bonchev–Trinajstić information content (AvgIpc) is 2.78. The van der Waals surface area contributed by atoms with Crippen LogP contribution in [-0.4, -0.2) is 4.98 Å². The fraction of sp³-hybridized carbons (Fsp3) is 0.125. The molecule has 0 bridgehead atoms. The van der Waals surface area contributed by atoms with Crippen molar-refractivity contribution >= 4 is 10.9 Å². The van der Waals surface area contributed by atoms with Crippen molar-refractivity contribution in [2.45, 2.75) is 13.8 Å². The predicted molar refractivity (Wildman–Crippen MR) is 73.2 cm³/mol. The Labute approximate surface area is 105 Å². The van der Waals surface area contributed by atoms with E-state index < -0.39 is 0 Å². The molecule has 1 heterocycles. The topological polar surface area (TPSA) is 15.8 Å². The van der Waals surface area contributed by atoms with Gasteiger partial charge in [-0.25, -0.2) is 4.39 Å². The third-order valence-corrected chi connectivity index (χ3v) is 3.42. The lowest BCUT2D eigenvalue weighted by Crippen LogP contribution is -1.83. The highest BCUT2D eigenvalue weighted by Gasteiger charge is 2.07. The fourth-order valence-electron chi connectivity index (χ4n) is 2.18. The van der Waals surface area contributed by atoms with Crippen LogP contribution in [0.1, 0.15) is 11.1 Å². The molecule has 3 rings (SSSR count). The Morgan fingerprint density at radius 2 is 1.78 bits per heavy atom. The average molecular weight is 239 g/mol. The lowest BCUT2D eigenvalue weighted by atomic mass is 10.0. The largest absolute Gasteiger partial charge is 0.352 e. The summed E-state index contributed by atoms with van der Waals surface area (Å²) in [6.45, 7) is 4.17. The molecule has 3 aromatic rings. The van der Waals surface area contributed by atoms with Gasteiger partial charge in [0.15, 0.2) is 0 Å². The molecule has 2 aromatic carbocycles. The first kappa shape index (κ1) is 11.0. The second-order valence-electron chi connectivity index (χ2n) is 4.69. The van der Waals surface area contributed by atoms with Crippen molar-refractivity contribution in [1.29, 1.82) is 0 Å². The number of hydrogen-bond acceptors (Lipinski definition) is 0. The third kappa shape index (κ3) is 1.70. The standard InChI is InChI=1S/C16H14FN/c1-10-6-7-12(8-11(10)2)15-9-13-4-3-5-14(17)16(13)18-15/h3-9,18H,1-2H3. The van der Waals surface area contributed by atoms with Crippen molar-refractivity contribution in [3.63, 3.8) is 0 Å². The summed E-state index contributed by atoms with van der Waals surface area (Å²) in [5, 5.41) is 0.906. The number of rotatable bonds is 1. The molecule has 18 heavy (non-hydrogen) atoms. The van der Waals surface area contributed by atoms with Crippen LogP contribution in [0.2, 0.25) is 0 Å². The number of nitrogens with one attached hydrogen (secondary N) is 1. The molecule has 1 aromatic heterocycles. The molecule has 0 aliphatic rings. The minimum Gasteiger partial charge on any atom is -0.352 e. The number of benzene rings is 2. The van der Waals surface area contributed by atoms with Gasteiger partial charge in [-0.2, -0.15) is 0 Å². The van der Waals surface area contributed by atoms with Gasteiger partial charge in [0.05, 0.1) is 5.52 Å². The number of fused-ring (bicyclic) bond motifs is 1. The fourth-order valence-corrected chi connectivity index (χ4v) is 2.18. The second kappa shape index (κ2) is 3.98. The molecular formula is C16H14FN. The van der Waals surface area contributed by atoms with Crippen LogP contribution in [0.15, 0.2) is 42.5 Å². The van der Waals surface area contributed by atoms with Crippen LogP contribution >= 0.6 is 0 Å². The van der Waals surface area contributed by atoms with Gasteiger partial charge in [-0.1, -0.05) is 24.3 Å². The van der Waals surface area contributed by atoms with E-state index in [1.54, 1.807) is 6.07 Å². The molecule has 0 aliphatic carbocycles. The monoisotopic (exact) mass is 239 g/mol. The molecule has 0 fully saturated rings. The molecule has 0 aliphatic heterocycles. The second-order valence-corrected chi connectivity index (χ2v) is 4.69. The van der Waals surface area contributed by atoms with Crippen LogP contribution in [-0.2, 0) is 0 Å². The van der Waals surface area contributed by atoms with Gasteiger partial charge >= 0.3 is 0 Å². The minimum absolute atomic E-state index is 0.206. The maximum atomic E-state index is 13.6. The van der Waals surface area contributed by atoms with Crippen LogP contribution < -0.4 is 0 Å². The highest BCUT2D eigenvalue weighted by atomic mass is 19.1. The Morgan fingerprint density at radius 3 is 2.50 bits per heavy atom. The summed E-state index contributed by atoms with van der Waals surface area (Å²) in [5.74, 6) is -0.206. The zero-order chi connectivity index (χ0) is 12.7. The van der Waals surface area contributed by atoms with Gasteiger partial charge in [-0.15, -0.1) is 0 Å². The Kier molecular flexibility index (Phi) is 2.44.